The summed E-state index contributed by atoms with van der Waals surface area (Å²) in [4.78, 5) is 23.5. The summed E-state index contributed by atoms with van der Waals surface area (Å²) in [7, 11) is 1.27. The summed E-state index contributed by atoms with van der Waals surface area (Å²) in [5, 5.41) is 0. The Morgan fingerprint density at radius 1 is 1.38 bits per heavy atom. The standard InChI is InChI=1S/C12H12O4/c1-7-10(12(14)15-2)11(13)8-5-3-4-6-9(8)16-7/h3-7,10H,1-2H3/t7-,10-/m0/s1. The molecule has 1 aromatic rings. The number of carbonyl (C=O) groups is 2. The molecule has 0 radical (unpaired) electrons. The van der Waals surface area contributed by atoms with Gasteiger partial charge >= 0.3 is 5.97 Å². The number of benzene rings is 1. The molecule has 4 nitrogen and oxygen atoms in total. The number of para-hydroxylation sites is 1. The maximum Gasteiger partial charge on any atom is 0.320 e. The molecule has 0 unspecified atom stereocenters. The Balaban J connectivity index is 2.42. The van der Waals surface area contributed by atoms with Crippen molar-refractivity contribution >= 4 is 11.8 Å². The van der Waals surface area contributed by atoms with Gasteiger partial charge in [0, 0.05) is 0 Å². The van der Waals surface area contributed by atoms with Crippen LogP contribution in [0, 0.1) is 5.92 Å². The van der Waals surface area contributed by atoms with Crippen LogP contribution >= 0.6 is 0 Å². The second-order valence-electron chi connectivity index (χ2n) is 3.68. The van der Waals surface area contributed by atoms with Gasteiger partial charge in [-0.15, -0.1) is 0 Å². The number of hydrogen-bond donors (Lipinski definition) is 0. The molecule has 4 heteroatoms. The zero-order chi connectivity index (χ0) is 11.7. The lowest BCUT2D eigenvalue weighted by Gasteiger charge is -2.28. The summed E-state index contributed by atoms with van der Waals surface area (Å²) in [6.07, 6.45) is -0.491. The zero-order valence-electron chi connectivity index (χ0n) is 9.10. The Bertz CT molecular complexity index is 438. The first-order valence-corrected chi connectivity index (χ1v) is 5.03. The van der Waals surface area contributed by atoms with E-state index in [9.17, 15) is 9.59 Å². The van der Waals surface area contributed by atoms with E-state index in [0.29, 0.717) is 11.3 Å². The summed E-state index contributed by atoms with van der Waals surface area (Å²) < 4.78 is 10.1. The van der Waals surface area contributed by atoms with E-state index in [0.717, 1.165) is 0 Å². The van der Waals surface area contributed by atoms with Crippen molar-refractivity contribution in [3.63, 3.8) is 0 Å². The zero-order valence-corrected chi connectivity index (χ0v) is 9.10. The molecule has 0 saturated carbocycles. The lowest BCUT2D eigenvalue weighted by molar-refractivity contribution is -0.146. The molecule has 0 aromatic heterocycles. The molecule has 0 fully saturated rings. The number of ketones is 1. The van der Waals surface area contributed by atoms with Crippen LogP contribution in [-0.4, -0.2) is 25.0 Å². The molecule has 2 rings (SSSR count). The largest absolute Gasteiger partial charge is 0.489 e. The minimum Gasteiger partial charge on any atom is -0.489 e. The molecule has 0 bridgehead atoms. The molecule has 2 atom stereocenters. The van der Waals surface area contributed by atoms with Gasteiger partial charge in [0.05, 0.1) is 12.7 Å². The van der Waals surface area contributed by atoms with Crippen LogP contribution in [0.1, 0.15) is 17.3 Å². The first kappa shape index (κ1) is 10.7. The van der Waals surface area contributed by atoms with Crippen LogP contribution < -0.4 is 4.74 Å². The molecule has 0 amide bonds. The number of fused-ring (bicyclic) bond motifs is 1. The van der Waals surface area contributed by atoms with Crippen LogP contribution in [0.2, 0.25) is 0 Å². The van der Waals surface area contributed by atoms with Crippen molar-refractivity contribution in [3.05, 3.63) is 29.8 Å². The molecule has 16 heavy (non-hydrogen) atoms. The lowest BCUT2D eigenvalue weighted by atomic mass is 9.90. The number of Topliss-reactive ketones (excluding diaryl/α,β-unsaturated/α-hetero) is 1. The fraction of sp³-hybridized carbons (Fsp3) is 0.333. The highest BCUT2D eigenvalue weighted by molar-refractivity contribution is 6.11. The van der Waals surface area contributed by atoms with E-state index >= 15 is 0 Å². The fourth-order valence-corrected chi connectivity index (χ4v) is 1.85. The summed E-state index contributed by atoms with van der Waals surface area (Å²) in [6.45, 7) is 1.69. The first-order chi connectivity index (χ1) is 7.65. The van der Waals surface area contributed by atoms with Crippen molar-refractivity contribution in [1.29, 1.82) is 0 Å². The number of rotatable bonds is 1. The molecule has 1 aromatic carbocycles. The molecule has 84 valence electrons. The Kier molecular flexibility index (Phi) is 2.64. The second kappa shape index (κ2) is 3.96. The summed E-state index contributed by atoms with van der Waals surface area (Å²) >= 11 is 0. The third-order valence-corrected chi connectivity index (χ3v) is 2.67. The maximum absolute atomic E-state index is 12.0. The minimum atomic E-state index is -0.861. The van der Waals surface area contributed by atoms with Crippen molar-refractivity contribution < 1.29 is 19.1 Å². The van der Waals surface area contributed by atoms with Crippen molar-refractivity contribution in [2.45, 2.75) is 13.0 Å². The van der Waals surface area contributed by atoms with E-state index in [1.165, 1.54) is 7.11 Å². The predicted molar refractivity (Wildman–Crippen MR) is 56.4 cm³/mol. The molecule has 0 N–H and O–H groups in total. The van der Waals surface area contributed by atoms with Crippen LogP contribution in [0.4, 0.5) is 0 Å². The summed E-state index contributed by atoms with van der Waals surface area (Å²) in [6, 6.07) is 6.90. The van der Waals surface area contributed by atoms with E-state index in [2.05, 4.69) is 4.74 Å². The lowest BCUT2D eigenvalue weighted by Crippen LogP contribution is -2.41. The Morgan fingerprint density at radius 3 is 2.75 bits per heavy atom. The molecule has 1 aliphatic rings. The van der Waals surface area contributed by atoms with Crippen LogP contribution in [0.15, 0.2) is 24.3 Å². The average molecular weight is 220 g/mol. The van der Waals surface area contributed by atoms with Gasteiger partial charge < -0.3 is 9.47 Å². The predicted octanol–water partition coefficient (Wildman–Crippen LogP) is 1.44. The van der Waals surface area contributed by atoms with E-state index in [-0.39, 0.29) is 5.78 Å². The number of carbonyl (C=O) groups excluding carboxylic acids is 2. The number of hydrogen-bond acceptors (Lipinski definition) is 4. The molecule has 1 aliphatic heterocycles. The molecule has 0 aliphatic carbocycles. The topological polar surface area (TPSA) is 52.6 Å². The molecular formula is C12H12O4. The van der Waals surface area contributed by atoms with Crippen molar-refractivity contribution in [1.82, 2.24) is 0 Å². The Labute approximate surface area is 93.2 Å². The summed E-state index contributed by atoms with van der Waals surface area (Å²) in [5.41, 5.74) is 0.441. The molecule has 1 heterocycles. The highest BCUT2D eigenvalue weighted by atomic mass is 16.5. The van der Waals surface area contributed by atoms with Crippen LogP contribution in [0.3, 0.4) is 0 Å². The van der Waals surface area contributed by atoms with Crippen LogP contribution in [-0.2, 0) is 9.53 Å². The third-order valence-electron chi connectivity index (χ3n) is 2.67. The van der Waals surface area contributed by atoms with E-state index < -0.39 is 18.0 Å². The van der Waals surface area contributed by atoms with Crippen LogP contribution in [0.5, 0.6) is 5.75 Å². The van der Waals surface area contributed by atoms with Gasteiger partial charge in [-0.3, -0.25) is 9.59 Å². The highest BCUT2D eigenvalue weighted by Crippen LogP contribution is 2.30. The highest BCUT2D eigenvalue weighted by Gasteiger charge is 2.40. The molecule has 0 saturated heterocycles. The van der Waals surface area contributed by atoms with E-state index in [1.807, 2.05) is 0 Å². The number of methoxy groups -OCH3 is 1. The smallest absolute Gasteiger partial charge is 0.320 e. The maximum atomic E-state index is 12.0. The van der Waals surface area contributed by atoms with E-state index in [1.54, 1.807) is 31.2 Å². The third kappa shape index (κ3) is 1.56. The van der Waals surface area contributed by atoms with E-state index in [4.69, 9.17) is 4.74 Å². The van der Waals surface area contributed by atoms with Gasteiger partial charge in [0.1, 0.15) is 11.9 Å². The minimum absolute atomic E-state index is 0.235. The second-order valence-corrected chi connectivity index (χ2v) is 3.68. The SMILES string of the molecule is COC(=O)[C@@H]1C(=O)c2ccccc2O[C@H]1C. The number of esters is 1. The average Bonchev–Trinajstić information content (AvgIpc) is 2.28. The van der Waals surface area contributed by atoms with Gasteiger partial charge in [0.15, 0.2) is 11.7 Å². The van der Waals surface area contributed by atoms with Gasteiger partial charge in [-0.1, -0.05) is 12.1 Å². The number of ether oxygens (including phenoxy) is 2. The fourth-order valence-electron chi connectivity index (χ4n) is 1.85. The summed E-state index contributed by atoms with van der Waals surface area (Å²) in [5.74, 6) is -1.12. The van der Waals surface area contributed by atoms with Gasteiger partial charge in [-0.05, 0) is 19.1 Å². The van der Waals surface area contributed by atoms with Crippen molar-refractivity contribution in [2.75, 3.05) is 7.11 Å². The molecular weight excluding hydrogens is 208 g/mol. The van der Waals surface area contributed by atoms with Gasteiger partial charge in [0.2, 0.25) is 0 Å². The van der Waals surface area contributed by atoms with Gasteiger partial charge in [0.25, 0.3) is 0 Å². The first-order valence-electron chi connectivity index (χ1n) is 5.03. The molecule has 0 spiro atoms. The normalized spacial score (nSPS) is 23.2. The van der Waals surface area contributed by atoms with Gasteiger partial charge in [-0.2, -0.15) is 0 Å². The van der Waals surface area contributed by atoms with Gasteiger partial charge in [-0.25, -0.2) is 0 Å². The van der Waals surface area contributed by atoms with Crippen molar-refractivity contribution in [3.8, 4) is 5.75 Å². The Hall–Kier alpha value is -1.84. The van der Waals surface area contributed by atoms with Crippen molar-refractivity contribution in [2.24, 2.45) is 5.92 Å². The monoisotopic (exact) mass is 220 g/mol. The Morgan fingerprint density at radius 2 is 2.06 bits per heavy atom. The quantitative estimate of drug-likeness (QED) is 0.531. The van der Waals surface area contributed by atoms with Crippen LogP contribution in [0.25, 0.3) is 0 Å².